The molecule has 2 aromatic carbocycles. The lowest BCUT2D eigenvalue weighted by Gasteiger charge is -2.33. The Morgan fingerprint density at radius 2 is 1.82 bits per heavy atom. The Balaban J connectivity index is 1.97. The highest BCUT2D eigenvalue weighted by atomic mass is 32.2. The van der Waals surface area contributed by atoms with Gasteiger partial charge in [0.2, 0.25) is 0 Å². The Kier molecular flexibility index (Phi) is 5.85. The van der Waals surface area contributed by atoms with Gasteiger partial charge in [0, 0.05) is 10.2 Å². The second-order valence-corrected chi connectivity index (χ2v) is 9.96. The summed E-state index contributed by atoms with van der Waals surface area (Å²) in [6.07, 6.45) is 7.64. The Morgan fingerprint density at radius 3 is 2.43 bits per heavy atom. The maximum atomic E-state index is 11.0. The minimum absolute atomic E-state index is 0.149. The Bertz CT molecular complexity index is 947. The molecular weight excluding hydrogens is 364 g/mol. The minimum atomic E-state index is -0.898. The van der Waals surface area contributed by atoms with Crippen LogP contribution in [0.2, 0.25) is 0 Å². The smallest absolute Gasteiger partial charge is 0.335 e. The molecule has 0 amide bonds. The van der Waals surface area contributed by atoms with Crippen molar-refractivity contribution in [2.75, 3.05) is 0 Å². The molecule has 0 atom stereocenters. The summed E-state index contributed by atoms with van der Waals surface area (Å²) in [5.41, 5.74) is 6.70. The Morgan fingerprint density at radius 1 is 1.14 bits per heavy atom. The summed E-state index contributed by atoms with van der Waals surface area (Å²) in [6.45, 7) is 11.3. The van der Waals surface area contributed by atoms with Gasteiger partial charge in [-0.05, 0) is 64.8 Å². The summed E-state index contributed by atoms with van der Waals surface area (Å²) in [5.74, 6) is -0.898. The number of rotatable bonds is 5. The van der Waals surface area contributed by atoms with Crippen LogP contribution in [-0.2, 0) is 5.41 Å². The maximum absolute atomic E-state index is 11.0. The van der Waals surface area contributed by atoms with E-state index in [2.05, 4.69) is 58.9 Å². The van der Waals surface area contributed by atoms with E-state index in [4.69, 9.17) is 5.11 Å². The molecule has 0 fully saturated rings. The third kappa shape index (κ3) is 4.41. The van der Waals surface area contributed by atoms with Crippen LogP contribution in [-0.4, -0.2) is 16.3 Å². The molecule has 0 spiro atoms. The van der Waals surface area contributed by atoms with E-state index in [-0.39, 0.29) is 5.41 Å². The second kappa shape index (κ2) is 8.00. The number of carboxylic acids is 1. The van der Waals surface area contributed by atoms with E-state index in [0.717, 1.165) is 12.0 Å². The number of thioether (sulfide) groups is 1. The van der Waals surface area contributed by atoms with Crippen molar-refractivity contribution < 1.29 is 9.90 Å². The number of carbonyl (C=O) groups is 1. The highest BCUT2D eigenvalue weighted by molar-refractivity contribution is 8.08. The molecule has 0 radical (unpaired) electrons. The van der Waals surface area contributed by atoms with Crippen LogP contribution in [0.25, 0.3) is 17.1 Å². The predicted molar refractivity (Wildman–Crippen MR) is 122 cm³/mol. The van der Waals surface area contributed by atoms with E-state index in [1.165, 1.54) is 27.2 Å². The number of hydrogen-bond acceptors (Lipinski definition) is 2. The highest BCUT2D eigenvalue weighted by Crippen LogP contribution is 2.45. The van der Waals surface area contributed by atoms with Gasteiger partial charge in [-0.3, -0.25) is 0 Å². The second-order valence-electron chi connectivity index (χ2n) is 8.34. The SMILES string of the molecule is Cc1cc2c(cc1C=Cc1ccc(C(=O)O)cc1)C(SC(C)C)=CCC2(C)C. The molecule has 28 heavy (non-hydrogen) atoms. The van der Waals surface area contributed by atoms with Crippen LogP contribution in [0.3, 0.4) is 0 Å². The summed E-state index contributed by atoms with van der Waals surface area (Å²) in [5, 5.41) is 9.59. The van der Waals surface area contributed by atoms with E-state index < -0.39 is 5.97 Å². The first-order valence-corrected chi connectivity index (χ1v) is 10.6. The normalized spacial score (nSPS) is 15.6. The molecule has 0 bridgehead atoms. The first-order chi connectivity index (χ1) is 13.2. The van der Waals surface area contributed by atoms with Crippen LogP contribution in [0.5, 0.6) is 0 Å². The fourth-order valence-electron chi connectivity index (χ4n) is 3.52. The molecule has 146 valence electrons. The number of fused-ring (bicyclic) bond motifs is 1. The van der Waals surface area contributed by atoms with Gasteiger partial charge in [-0.15, -0.1) is 11.8 Å². The lowest BCUT2D eigenvalue weighted by molar-refractivity contribution is 0.0697. The lowest BCUT2D eigenvalue weighted by atomic mass is 9.74. The van der Waals surface area contributed by atoms with Crippen LogP contribution >= 0.6 is 11.8 Å². The molecule has 0 heterocycles. The maximum Gasteiger partial charge on any atom is 0.335 e. The number of aryl methyl sites for hydroxylation is 1. The first-order valence-electron chi connectivity index (χ1n) is 9.71. The van der Waals surface area contributed by atoms with Crippen molar-refractivity contribution in [3.05, 3.63) is 75.9 Å². The fourth-order valence-corrected chi connectivity index (χ4v) is 4.51. The van der Waals surface area contributed by atoms with Crippen LogP contribution in [0.4, 0.5) is 0 Å². The number of benzene rings is 2. The van der Waals surface area contributed by atoms with Gasteiger partial charge >= 0.3 is 5.97 Å². The van der Waals surface area contributed by atoms with E-state index in [9.17, 15) is 4.79 Å². The van der Waals surface area contributed by atoms with Crippen LogP contribution in [0, 0.1) is 6.92 Å². The third-order valence-electron chi connectivity index (χ3n) is 5.17. The number of carboxylic acid groups (broad SMARTS) is 1. The Labute approximate surface area is 172 Å². The van der Waals surface area contributed by atoms with Gasteiger partial charge in [-0.2, -0.15) is 0 Å². The molecule has 2 aromatic rings. The van der Waals surface area contributed by atoms with Crippen molar-refractivity contribution in [2.24, 2.45) is 0 Å². The van der Waals surface area contributed by atoms with Crippen molar-refractivity contribution in [1.82, 2.24) is 0 Å². The molecule has 1 aliphatic carbocycles. The van der Waals surface area contributed by atoms with Gasteiger partial charge in [0.15, 0.2) is 0 Å². The summed E-state index contributed by atoms with van der Waals surface area (Å²) in [6, 6.07) is 11.6. The molecule has 0 aliphatic heterocycles. The average Bonchev–Trinajstić information content (AvgIpc) is 2.63. The first kappa shape index (κ1) is 20.5. The molecule has 0 aromatic heterocycles. The van der Waals surface area contributed by atoms with Crippen LogP contribution < -0.4 is 0 Å². The van der Waals surface area contributed by atoms with Crippen molar-refractivity contribution in [3.8, 4) is 0 Å². The Hall–Kier alpha value is -2.26. The third-order valence-corrected chi connectivity index (χ3v) is 6.29. The molecular formula is C25H28O2S. The molecule has 3 rings (SSSR count). The summed E-state index contributed by atoms with van der Waals surface area (Å²) >= 11 is 1.93. The van der Waals surface area contributed by atoms with Crippen LogP contribution in [0.1, 0.15) is 72.3 Å². The monoisotopic (exact) mass is 392 g/mol. The number of aromatic carboxylic acids is 1. The minimum Gasteiger partial charge on any atom is -0.478 e. The van der Waals surface area contributed by atoms with E-state index in [1.807, 2.05) is 30.0 Å². The van der Waals surface area contributed by atoms with E-state index in [1.54, 1.807) is 12.1 Å². The predicted octanol–water partition coefficient (Wildman–Crippen LogP) is 7.03. The summed E-state index contributed by atoms with van der Waals surface area (Å²) in [7, 11) is 0. The van der Waals surface area contributed by atoms with Crippen molar-refractivity contribution in [3.63, 3.8) is 0 Å². The highest BCUT2D eigenvalue weighted by Gasteiger charge is 2.29. The van der Waals surface area contributed by atoms with Gasteiger partial charge in [0.05, 0.1) is 5.56 Å². The quantitative estimate of drug-likeness (QED) is 0.555. The molecule has 0 saturated heterocycles. The molecule has 0 saturated carbocycles. The lowest BCUT2D eigenvalue weighted by Crippen LogP contribution is -2.22. The van der Waals surface area contributed by atoms with Gasteiger partial charge in [-0.25, -0.2) is 4.79 Å². The zero-order valence-electron chi connectivity index (χ0n) is 17.2. The zero-order chi connectivity index (χ0) is 20.5. The molecule has 3 heteroatoms. The largest absolute Gasteiger partial charge is 0.478 e. The summed E-state index contributed by atoms with van der Waals surface area (Å²) in [4.78, 5) is 12.4. The van der Waals surface area contributed by atoms with Gasteiger partial charge < -0.3 is 5.11 Å². The number of allylic oxidation sites excluding steroid dienone is 1. The molecule has 2 nitrogen and oxygen atoms in total. The van der Waals surface area contributed by atoms with Crippen molar-refractivity contribution >= 4 is 34.8 Å². The number of hydrogen-bond donors (Lipinski definition) is 1. The molecule has 0 unspecified atom stereocenters. The van der Waals surface area contributed by atoms with Crippen molar-refractivity contribution in [2.45, 2.75) is 51.7 Å². The zero-order valence-corrected chi connectivity index (χ0v) is 18.1. The molecule has 1 aliphatic rings. The summed E-state index contributed by atoms with van der Waals surface area (Å²) < 4.78 is 0. The topological polar surface area (TPSA) is 37.3 Å². The van der Waals surface area contributed by atoms with E-state index in [0.29, 0.717) is 10.8 Å². The fraction of sp³-hybridized carbons (Fsp3) is 0.320. The van der Waals surface area contributed by atoms with Gasteiger partial charge in [0.1, 0.15) is 0 Å². The molecule has 1 N–H and O–H groups in total. The van der Waals surface area contributed by atoms with Crippen molar-refractivity contribution in [1.29, 1.82) is 0 Å². The van der Waals surface area contributed by atoms with E-state index >= 15 is 0 Å². The van der Waals surface area contributed by atoms with Gasteiger partial charge in [0.25, 0.3) is 0 Å². The standard InChI is InChI=1S/C25H28O2S/c1-16(2)28-23-12-13-25(4,5)22-14-17(3)20(15-21(22)23)11-8-18-6-9-19(10-7-18)24(26)27/h6-12,14-16H,13H2,1-5H3,(H,26,27). The van der Waals surface area contributed by atoms with Gasteiger partial charge in [-0.1, -0.05) is 64.1 Å². The van der Waals surface area contributed by atoms with Crippen LogP contribution in [0.15, 0.2) is 42.5 Å². The average molecular weight is 393 g/mol.